The van der Waals surface area contributed by atoms with Gasteiger partial charge in [-0.05, 0) is 31.2 Å². The minimum Gasteiger partial charge on any atom is -0.478 e. The quantitative estimate of drug-likeness (QED) is 0.907. The summed E-state index contributed by atoms with van der Waals surface area (Å²) >= 11 is 0. The van der Waals surface area contributed by atoms with Crippen LogP contribution in [0.1, 0.15) is 36.8 Å². The number of carbonyl (C=O) groups excluding carboxylic acids is 2. The number of pyridine rings is 1. The highest BCUT2D eigenvalue weighted by Gasteiger charge is 2.26. The molecule has 2 heterocycles. The van der Waals surface area contributed by atoms with Crippen molar-refractivity contribution in [2.24, 2.45) is 0 Å². The Balaban J connectivity index is 1.63. The zero-order chi connectivity index (χ0) is 18.7. The Morgan fingerprint density at radius 3 is 2.04 bits per heavy atom. The smallest absolute Gasteiger partial charge is 0.335 e. The van der Waals surface area contributed by atoms with E-state index in [0.717, 1.165) is 5.56 Å². The van der Waals surface area contributed by atoms with E-state index in [2.05, 4.69) is 4.98 Å². The van der Waals surface area contributed by atoms with Crippen LogP contribution in [0.15, 0.2) is 42.6 Å². The van der Waals surface area contributed by atoms with Crippen molar-refractivity contribution in [1.82, 2.24) is 14.8 Å². The third-order valence-electron chi connectivity index (χ3n) is 4.38. The average molecular weight is 353 g/mol. The molecule has 7 nitrogen and oxygen atoms in total. The molecule has 0 radical (unpaired) electrons. The lowest BCUT2D eigenvalue weighted by atomic mass is 10.1. The summed E-state index contributed by atoms with van der Waals surface area (Å²) in [7, 11) is 0. The first-order valence-corrected chi connectivity index (χ1v) is 8.30. The Morgan fingerprint density at radius 2 is 1.46 bits per heavy atom. The van der Waals surface area contributed by atoms with Gasteiger partial charge in [-0.25, -0.2) is 4.79 Å². The van der Waals surface area contributed by atoms with E-state index >= 15 is 0 Å². The molecule has 1 aliphatic rings. The molecule has 3 rings (SSSR count). The van der Waals surface area contributed by atoms with Crippen LogP contribution in [0.2, 0.25) is 0 Å². The third kappa shape index (κ3) is 3.72. The average Bonchev–Trinajstić information content (AvgIpc) is 2.67. The van der Waals surface area contributed by atoms with Crippen molar-refractivity contribution in [3.8, 4) is 0 Å². The highest BCUT2D eigenvalue weighted by molar-refractivity contribution is 5.96. The largest absolute Gasteiger partial charge is 0.478 e. The number of hydrogen-bond acceptors (Lipinski definition) is 4. The van der Waals surface area contributed by atoms with Crippen molar-refractivity contribution in [2.75, 3.05) is 26.2 Å². The number of amides is 2. The second kappa shape index (κ2) is 7.35. The van der Waals surface area contributed by atoms with Gasteiger partial charge in [0, 0.05) is 37.9 Å². The van der Waals surface area contributed by atoms with Crippen LogP contribution in [0.3, 0.4) is 0 Å². The zero-order valence-corrected chi connectivity index (χ0v) is 14.4. The predicted molar refractivity (Wildman–Crippen MR) is 94.2 cm³/mol. The second-order valence-corrected chi connectivity index (χ2v) is 6.19. The van der Waals surface area contributed by atoms with Crippen molar-refractivity contribution < 1.29 is 19.5 Å². The van der Waals surface area contributed by atoms with Crippen LogP contribution in [-0.2, 0) is 0 Å². The van der Waals surface area contributed by atoms with E-state index in [1.807, 2.05) is 19.1 Å². The topological polar surface area (TPSA) is 90.8 Å². The lowest BCUT2D eigenvalue weighted by Gasteiger charge is -2.34. The molecule has 0 spiro atoms. The molecule has 0 saturated carbocycles. The molecule has 7 heteroatoms. The monoisotopic (exact) mass is 353 g/mol. The van der Waals surface area contributed by atoms with E-state index < -0.39 is 5.97 Å². The van der Waals surface area contributed by atoms with Crippen molar-refractivity contribution in [1.29, 1.82) is 0 Å². The highest BCUT2D eigenvalue weighted by atomic mass is 16.4. The molecule has 2 amide bonds. The van der Waals surface area contributed by atoms with E-state index in [9.17, 15) is 14.4 Å². The minimum absolute atomic E-state index is 0.0246. The first-order valence-electron chi connectivity index (χ1n) is 8.30. The molecule has 0 bridgehead atoms. The van der Waals surface area contributed by atoms with E-state index in [4.69, 9.17) is 5.11 Å². The van der Waals surface area contributed by atoms with Gasteiger partial charge >= 0.3 is 5.97 Å². The first kappa shape index (κ1) is 17.6. The number of piperazine rings is 1. The zero-order valence-electron chi connectivity index (χ0n) is 14.4. The summed E-state index contributed by atoms with van der Waals surface area (Å²) in [4.78, 5) is 43.4. The van der Waals surface area contributed by atoms with Gasteiger partial charge in [0.05, 0.1) is 5.56 Å². The highest BCUT2D eigenvalue weighted by Crippen LogP contribution is 2.12. The van der Waals surface area contributed by atoms with Crippen molar-refractivity contribution in [3.05, 3.63) is 65.0 Å². The Morgan fingerprint density at radius 1 is 0.885 bits per heavy atom. The lowest BCUT2D eigenvalue weighted by Crippen LogP contribution is -2.50. The number of rotatable bonds is 3. The van der Waals surface area contributed by atoms with Gasteiger partial charge in [-0.2, -0.15) is 0 Å². The van der Waals surface area contributed by atoms with Crippen LogP contribution in [0.5, 0.6) is 0 Å². The molecule has 26 heavy (non-hydrogen) atoms. The molecule has 1 aromatic heterocycles. The molecule has 0 atom stereocenters. The second-order valence-electron chi connectivity index (χ2n) is 6.19. The van der Waals surface area contributed by atoms with Crippen LogP contribution in [0.4, 0.5) is 0 Å². The molecule has 0 unspecified atom stereocenters. The maximum absolute atomic E-state index is 12.5. The fraction of sp³-hybridized carbons (Fsp3) is 0.263. The van der Waals surface area contributed by atoms with Crippen molar-refractivity contribution in [2.45, 2.75) is 6.92 Å². The molecule has 0 aliphatic carbocycles. The van der Waals surface area contributed by atoms with Crippen LogP contribution in [0.25, 0.3) is 0 Å². The van der Waals surface area contributed by atoms with Gasteiger partial charge in [0.2, 0.25) is 0 Å². The summed E-state index contributed by atoms with van der Waals surface area (Å²) in [5, 5.41) is 9.03. The maximum Gasteiger partial charge on any atom is 0.335 e. The Bertz CT molecular complexity index is 840. The standard InChI is InChI=1S/C19H19N3O4/c1-13-2-4-14(5-3-13)17(23)21-8-10-22(11-9-21)18(24)16-12-15(19(25)26)6-7-20-16/h2-7,12H,8-11H2,1H3,(H,25,26). The summed E-state index contributed by atoms with van der Waals surface area (Å²) in [5.74, 6) is -1.48. The molecule has 134 valence electrons. The number of carboxylic acids is 1. The van der Waals surface area contributed by atoms with Crippen LogP contribution < -0.4 is 0 Å². The summed E-state index contributed by atoms with van der Waals surface area (Å²) in [6, 6.07) is 10.0. The van der Waals surface area contributed by atoms with Gasteiger partial charge in [-0.1, -0.05) is 17.7 Å². The SMILES string of the molecule is Cc1ccc(C(=O)N2CCN(C(=O)c3cc(C(=O)O)ccn3)CC2)cc1. The number of nitrogens with zero attached hydrogens (tertiary/aromatic N) is 3. The third-order valence-corrected chi connectivity index (χ3v) is 4.38. The number of carbonyl (C=O) groups is 3. The number of aryl methyl sites for hydroxylation is 1. The van der Waals surface area contributed by atoms with E-state index in [1.165, 1.54) is 18.3 Å². The molecule has 1 aromatic carbocycles. The van der Waals surface area contributed by atoms with Gasteiger partial charge in [-0.3, -0.25) is 14.6 Å². The molecule has 2 aromatic rings. The maximum atomic E-state index is 12.5. The molecular weight excluding hydrogens is 334 g/mol. The van der Waals surface area contributed by atoms with Gasteiger partial charge in [0.1, 0.15) is 5.69 Å². The summed E-state index contributed by atoms with van der Waals surface area (Å²) in [6.45, 7) is 3.59. The molecular formula is C19H19N3O4. The summed E-state index contributed by atoms with van der Waals surface area (Å²) < 4.78 is 0. The van der Waals surface area contributed by atoms with Crippen molar-refractivity contribution >= 4 is 17.8 Å². The molecule has 1 N–H and O–H groups in total. The molecule has 1 saturated heterocycles. The number of aromatic nitrogens is 1. The fourth-order valence-corrected chi connectivity index (χ4v) is 2.83. The molecule has 1 aliphatic heterocycles. The molecule has 1 fully saturated rings. The van der Waals surface area contributed by atoms with E-state index in [-0.39, 0.29) is 23.1 Å². The van der Waals surface area contributed by atoms with Gasteiger partial charge in [0.25, 0.3) is 11.8 Å². The van der Waals surface area contributed by atoms with Gasteiger partial charge in [-0.15, -0.1) is 0 Å². The Labute approximate surface area is 150 Å². The number of benzene rings is 1. The van der Waals surface area contributed by atoms with Gasteiger partial charge < -0.3 is 14.9 Å². The van der Waals surface area contributed by atoms with Crippen molar-refractivity contribution in [3.63, 3.8) is 0 Å². The summed E-state index contributed by atoms with van der Waals surface area (Å²) in [6.07, 6.45) is 1.31. The summed E-state index contributed by atoms with van der Waals surface area (Å²) in [5.41, 5.74) is 1.85. The number of aromatic carboxylic acids is 1. The minimum atomic E-state index is -1.10. The fourth-order valence-electron chi connectivity index (χ4n) is 2.83. The van der Waals surface area contributed by atoms with Crippen LogP contribution >= 0.6 is 0 Å². The number of hydrogen-bond donors (Lipinski definition) is 1. The van der Waals surface area contributed by atoms with E-state index in [0.29, 0.717) is 31.7 Å². The van der Waals surface area contributed by atoms with Crippen LogP contribution in [-0.4, -0.2) is 63.9 Å². The number of carboxylic acid groups (broad SMARTS) is 1. The lowest BCUT2D eigenvalue weighted by molar-refractivity contribution is 0.0532. The normalized spacial score (nSPS) is 14.2. The Hall–Kier alpha value is -3.22. The predicted octanol–water partition coefficient (Wildman–Crippen LogP) is 1.69. The van der Waals surface area contributed by atoms with Crippen LogP contribution in [0, 0.1) is 6.92 Å². The van der Waals surface area contributed by atoms with Gasteiger partial charge in [0.15, 0.2) is 0 Å². The Kier molecular flexibility index (Phi) is 4.97. The first-order chi connectivity index (χ1) is 12.5. The van der Waals surface area contributed by atoms with E-state index in [1.54, 1.807) is 21.9 Å².